The van der Waals surface area contributed by atoms with Gasteiger partial charge in [-0.15, -0.1) is 0 Å². The second-order valence-corrected chi connectivity index (χ2v) is 5.34. The molecule has 4 nitrogen and oxygen atoms in total. The summed E-state index contributed by atoms with van der Waals surface area (Å²) in [6.07, 6.45) is -9.58. The van der Waals surface area contributed by atoms with Gasteiger partial charge in [-0.3, -0.25) is 9.89 Å². The number of nitrogens with zero attached hydrogens (tertiary/aromatic N) is 3. The van der Waals surface area contributed by atoms with Crippen molar-refractivity contribution in [3.8, 4) is 0 Å². The third-order valence-electron chi connectivity index (χ3n) is 3.63. The van der Waals surface area contributed by atoms with Gasteiger partial charge in [0.1, 0.15) is 6.04 Å². The molecule has 1 N–H and O–H groups in total. The molecule has 0 aromatic rings. The van der Waals surface area contributed by atoms with Crippen LogP contribution in [-0.2, 0) is 0 Å². The molecule has 1 rings (SSSR count). The highest BCUT2D eigenvalue weighted by Crippen LogP contribution is 2.25. The summed E-state index contributed by atoms with van der Waals surface area (Å²) in [5, 5.41) is 2.88. The summed E-state index contributed by atoms with van der Waals surface area (Å²) < 4.78 is 74.6. The highest BCUT2D eigenvalue weighted by Gasteiger charge is 2.41. The van der Waals surface area contributed by atoms with Crippen LogP contribution in [0.4, 0.5) is 26.3 Å². The second kappa shape index (κ2) is 8.07. The lowest BCUT2D eigenvalue weighted by atomic mass is 10.2. The molecule has 1 heterocycles. The minimum atomic E-state index is -4.28. The van der Waals surface area contributed by atoms with Crippen molar-refractivity contribution in [3.05, 3.63) is 0 Å². The maximum absolute atomic E-state index is 12.7. The van der Waals surface area contributed by atoms with Gasteiger partial charge in [0, 0.05) is 32.7 Å². The van der Waals surface area contributed by atoms with Crippen LogP contribution in [0.25, 0.3) is 0 Å². The van der Waals surface area contributed by atoms with Crippen LogP contribution in [-0.4, -0.2) is 73.4 Å². The molecule has 1 saturated heterocycles. The van der Waals surface area contributed by atoms with E-state index in [1.807, 2.05) is 0 Å². The van der Waals surface area contributed by atoms with Crippen molar-refractivity contribution in [2.75, 3.05) is 39.3 Å². The van der Waals surface area contributed by atoms with E-state index in [0.29, 0.717) is 12.5 Å². The highest BCUT2D eigenvalue weighted by molar-refractivity contribution is 5.80. The summed E-state index contributed by atoms with van der Waals surface area (Å²) in [4.78, 5) is 6.92. The number of rotatable bonds is 4. The molecule has 1 aliphatic heterocycles. The van der Waals surface area contributed by atoms with Crippen LogP contribution in [0.15, 0.2) is 4.99 Å². The predicted molar refractivity (Wildman–Crippen MR) is 75.3 cm³/mol. The minimum Gasteiger partial charge on any atom is -0.357 e. The van der Waals surface area contributed by atoms with E-state index >= 15 is 0 Å². The van der Waals surface area contributed by atoms with E-state index < -0.39 is 31.4 Å². The van der Waals surface area contributed by atoms with E-state index in [2.05, 4.69) is 10.3 Å². The molecule has 10 heteroatoms. The zero-order valence-electron chi connectivity index (χ0n) is 13.1. The molecule has 136 valence electrons. The lowest BCUT2D eigenvalue weighted by Crippen LogP contribution is -2.56. The minimum absolute atomic E-state index is 0.185. The number of nitrogens with one attached hydrogen (secondary N) is 1. The smallest absolute Gasteiger partial charge is 0.357 e. The standard InChI is InChI=1S/C13H22F6N4/c1-3-20-11(21-5-4-12(14,15)16)23-8-6-22(7-9-23)10(2)13(17,18)19/h10H,3-9H2,1-2H3,(H,20,21). The molecule has 0 spiro atoms. The summed E-state index contributed by atoms with van der Waals surface area (Å²) in [5.74, 6) is 0.316. The van der Waals surface area contributed by atoms with Crippen LogP contribution in [0.2, 0.25) is 0 Å². The molecule has 1 unspecified atom stereocenters. The quantitative estimate of drug-likeness (QED) is 0.481. The van der Waals surface area contributed by atoms with Crippen molar-refractivity contribution in [3.63, 3.8) is 0 Å². The summed E-state index contributed by atoms with van der Waals surface area (Å²) in [5.41, 5.74) is 0. The summed E-state index contributed by atoms with van der Waals surface area (Å²) in [7, 11) is 0. The van der Waals surface area contributed by atoms with Crippen molar-refractivity contribution < 1.29 is 26.3 Å². The Morgan fingerprint density at radius 1 is 1.09 bits per heavy atom. The van der Waals surface area contributed by atoms with Crippen molar-refractivity contribution in [2.24, 2.45) is 4.99 Å². The monoisotopic (exact) mass is 348 g/mol. The summed E-state index contributed by atoms with van der Waals surface area (Å²) in [6, 6.07) is -1.53. The first-order valence-electron chi connectivity index (χ1n) is 7.45. The van der Waals surface area contributed by atoms with Gasteiger partial charge in [-0.1, -0.05) is 0 Å². The number of hydrogen-bond donors (Lipinski definition) is 1. The van der Waals surface area contributed by atoms with Crippen molar-refractivity contribution in [2.45, 2.75) is 38.7 Å². The van der Waals surface area contributed by atoms with Gasteiger partial charge in [-0.25, -0.2) is 0 Å². The molecule has 0 bridgehead atoms. The lowest BCUT2D eigenvalue weighted by Gasteiger charge is -2.39. The van der Waals surface area contributed by atoms with E-state index in [1.165, 1.54) is 4.90 Å². The maximum Gasteiger partial charge on any atom is 0.403 e. The number of piperazine rings is 1. The first-order valence-corrected chi connectivity index (χ1v) is 7.45. The molecule has 0 aromatic heterocycles. The van der Waals surface area contributed by atoms with Crippen molar-refractivity contribution in [1.29, 1.82) is 0 Å². The van der Waals surface area contributed by atoms with Gasteiger partial charge in [-0.05, 0) is 13.8 Å². The lowest BCUT2D eigenvalue weighted by molar-refractivity contribution is -0.181. The van der Waals surface area contributed by atoms with Crippen LogP contribution in [0.3, 0.4) is 0 Å². The fourth-order valence-corrected chi connectivity index (χ4v) is 2.24. The Hall–Kier alpha value is -1.19. The fourth-order valence-electron chi connectivity index (χ4n) is 2.24. The zero-order valence-corrected chi connectivity index (χ0v) is 13.1. The Morgan fingerprint density at radius 3 is 2.09 bits per heavy atom. The number of alkyl halides is 6. The van der Waals surface area contributed by atoms with E-state index in [0.717, 1.165) is 6.92 Å². The first kappa shape index (κ1) is 19.9. The Morgan fingerprint density at radius 2 is 1.65 bits per heavy atom. The number of hydrogen-bond acceptors (Lipinski definition) is 2. The molecule has 1 aliphatic rings. The van der Waals surface area contributed by atoms with Crippen LogP contribution in [0.1, 0.15) is 20.3 Å². The van der Waals surface area contributed by atoms with Gasteiger partial charge < -0.3 is 10.2 Å². The topological polar surface area (TPSA) is 30.9 Å². The molecule has 0 radical (unpaired) electrons. The van der Waals surface area contributed by atoms with Crippen LogP contribution < -0.4 is 5.32 Å². The maximum atomic E-state index is 12.7. The van der Waals surface area contributed by atoms with E-state index in [4.69, 9.17) is 0 Å². The third-order valence-corrected chi connectivity index (χ3v) is 3.63. The number of halogens is 6. The molecule has 0 saturated carbocycles. The van der Waals surface area contributed by atoms with Crippen LogP contribution >= 0.6 is 0 Å². The molecular weight excluding hydrogens is 326 g/mol. The molecular formula is C13H22F6N4. The SMILES string of the molecule is CCNC(=NCCC(F)(F)F)N1CCN(C(C)C(F)(F)F)CC1. The Labute approximate surface area is 131 Å². The Balaban J connectivity index is 2.58. The van der Waals surface area contributed by atoms with Crippen LogP contribution in [0.5, 0.6) is 0 Å². The number of guanidine groups is 1. The molecule has 0 amide bonds. The zero-order chi connectivity index (χ0) is 17.7. The van der Waals surface area contributed by atoms with Crippen molar-refractivity contribution in [1.82, 2.24) is 15.1 Å². The molecule has 0 aliphatic carbocycles. The Bertz CT molecular complexity index is 385. The van der Waals surface area contributed by atoms with Gasteiger partial charge in [-0.2, -0.15) is 26.3 Å². The van der Waals surface area contributed by atoms with Gasteiger partial charge >= 0.3 is 12.4 Å². The largest absolute Gasteiger partial charge is 0.403 e. The first-order chi connectivity index (χ1) is 10.5. The highest BCUT2D eigenvalue weighted by atomic mass is 19.4. The second-order valence-electron chi connectivity index (χ2n) is 5.34. The molecule has 1 atom stereocenters. The van der Waals surface area contributed by atoms with E-state index in [1.54, 1.807) is 11.8 Å². The van der Waals surface area contributed by atoms with Gasteiger partial charge in [0.05, 0.1) is 13.0 Å². The molecule has 1 fully saturated rings. The average molecular weight is 348 g/mol. The fraction of sp³-hybridized carbons (Fsp3) is 0.923. The molecule has 0 aromatic carbocycles. The molecule has 23 heavy (non-hydrogen) atoms. The predicted octanol–water partition coefficient (Wildman–Crippen LogP) is 2.47. The summed E-state index contributed by atoms with van der Waals surface area (Å²) in [6.45, 7) is 3.92. The van der Waals surface area contributed by atoms with Crippen LogP contribution in [0, 0.1) is 0 Å². The average Bonchev–Trinajstić information content (AvgIpc) is 2.43. The van der Waals surface area contributed by atoms with Gasteiger partial charge in [0.15, 0.2) is 5.96 Å². The van der Waals surface area contributed by atoms with Gasteiger partial charge in [0.2, 0.25) is 0 Å². The number of aliphatic imine (C=N–C) groups is 1. The van der Waals surface area contributed by atoms with Gasteiger partial charge in [0.25, 0.3) is 0 Å². The normalized spacial score (nSPS) is 19.8. The Kier molecular flexibility index (Phi) is 6.97. The third kappa shape index (κ3) is 6.84. The van der Waals surface area contributed by atoms with E-state index in [-0.39, 0.29) is 26.2 Å². The van der Waals surface area contributed by atoms with E-state index in [9.17, 15) is 26.3 Å². The van der Waals surface area contributed by atoms with Crippen molar-refractivity contribution >= 4 is 5.96 Å². The summed E-state index contributed by atoms with van der Waals surface area (Å²) >= 11 is 0.